The van der Waals surface area contributed by atoms with Crippen molar-refractivity contribution in [2.24, 2.45) is 0 Å². The van der Waals surface area contributed by atoms with Crippen molar-refractivity contribution in [2.45, 2.75) is 13.1 Å². The van der Waals surface area contributed by atoms with E-state index >= 15 is 0 Å². The molecule has 0 aromatic carbocycles. The summed E-state index contributed by atoms with van der Waals surface area (Å²) in [7, 11) is 3.43. The smallest absolute Gasteiger partial charge is 0.382 e. The third kappa shape index (κ3) is 3.08. The average molecular weight is 362 g/mol. The first-order valence-electron chi connectivity index (χ1n) is 7.84. The number of anilines is 1. The first-order valence-corrected chi connectivity index (χ1v) is 7.84. The number of nitrogens with two attached hydrogens (primary N) is 1. The molecule has 2 aromatic heterocycles. The van der Waals surface area contributed by atoms with Crippen molar-refractivity contribution < 1.29 is 14.5 Å². The molecule has 2 aliphatic rings. The van der Waals surface area contributed by atoms with Gasteiger partial charge in [-0.2, -0.15) is 9.78 Å². The van der Waals surface area contributed by atoms with E-state index in [4.69, 9.17) is 5.73 Å². The molecule has 138 valence electrons. The van der Waals surface area contributed by atoms with Crippen molar-refractivity contribution in [3.8, 4) is 0 Å². The van der Waals surface area contributed by atoms with E-state index in [1.54, 1.807) is 29.7 Å². The van der Waals surface area contributed by atoms with Gasteiger partial charge < -0.3 is 25.6 Å². The molecule has 0 fully saturated rings. The summed E-state index contributed by atoms with van der Waals surface area (Å²) in [5, 5.41) is 18.1. The highest BCUT2D eigenvalue weighted by Crippen LogP contribution is 2.16. The normalized spacial score (nSPS) is 15.9. The summed E-state index contributed by atoms with van der Waals surface area (Å²) in [6.07, 6.45) is 0. The maximum atomic E-state index is 11.5. The van der Waals surface area contributed by atoms with Crippen molar-refractivity contribution in [3.63, 3.8) is 0 Å². The number of nitrogens with zero attached hydrogens (tertiary/aromatic N) is 7. The lowest BCUT2D eigenvalue weighted by molar-refractivity contribution is -0.389. The lowest BCUT2D eigenvalue weighted by atomic mass is 10.3. The number of hydrogen-bond donors (Lipinski definition) is 1. The molecule has 0 unspecified atom stereocenters. The molecule has 0 aliphatic carbocycles. The van der Waals surface area contributed by atoms with Crippen LogP contribution < -0.4 is 5.73 Å². The van der Waals surface area contributed by atoms with Crippen LogP contribution in [0.1, 0.15) is 21.0 Å². The van der Waals surface area contributed by atoms with E-state index in [9.17, 15) is 19.7 Å². The first-order chi connectivity index (χ1) is 12.3. The van der Waals surface area contributed by atoms with E-state index in [0.29, 0.717) is 31.1 Å². The van der Waals surface area contributed by atoms with Crippen LogP contribution in [-0.4, -0.2) is 73.3 Å². The van der Waals surface area contributed by atoms with Gasteiger partial charge in [-0.3, -0.25) is 14.3 Å². The van der Waals surface area contributed by atoms with E-state index < -0.39 is 4.92 Å². The SMILES string of the molecule is CN1CCn2nc(N)cc2C1=O.CN1CCn2nc([N+](=O)[O-])cc2C1=O. The Kier molecular flexibility index (Phi) is 4.32. The predicted molar refractivity (Wildman–Crippen MR) is 89.4 cm³/mol. The Hall–Kier alpha value is -3.44. The minimum atomic E-state index is -0.599. The number of rotatable bonds is 1. The van der Waals surface area contributed by atoms with Gasteiger partial charge in [-0.25, -0.2) is 0 Å². The van der Waals surface area contributed by atoms with Crippen LogP contribution in [0.25, 0.3) is 0 Å². The highest BCUT2D eigenvalue weighted by molar-refractivity contribution is 5.94. The molecular weight excluding hydrogens is 344 g/mol. The molecular formula is C14H18N8O4. The molecule has 0 bridgehead atoms. The Bertz CT molecular complexity index is 886. The number of hydrogen-bond acceptors (Lipinski definition) is 7. The van der Waals surface area contributed by atoms with Crippen LogP contribution >= 0.6 is 0 Å². The second-order valence-corrected chi connectivity index (χ2v) is 6.00. The molecule has 12 heteroatoms. The van der Waals surface area contributed by atoms with E-state index in [0.717, 1.165) is 6.54 Å². The second-order valence-electron chi connectivity index (χ2n) is 6.00. The zero-order valence-corrected chi connectivity index (χ0v) is 14.3. The van der Waals surface area contributed by atoms with Crippen molar-refractivity contribution in [1.29, 1.82) is 0 Å². The first kappa shape index (κ1) is 17.4. The van der Waals surface area contributed by atoms with Crippen molar-refractivity contribution in [3.05, 3.63) is 33.6 Å². The number of amides is 2. The number of fused-ring (bicyclic) bond motifs is 2. The third-order valence-corrected chi connectivity index (χ3v) is 4.18. The standard InChI is InChI=1S/C7H8N4O3.C7H10N4O/c1-9-2-3-10-5(7(9)12)4-6(8-10)11(13)14;1-10-2-3-11-5(7(10)12)4-6(8)9-11/h4H,2-3H2,1H3;4H,2-3H2,1H3,(H2,8,9). The second kappa shape index (κ2) is 6.46. The van der Waals surface area contributed by atoms with Gasteiger partial charge in [0.2, 0.25) is 0 Å². The summed E-state index contributed by atoms with van der Waals surface area (Å²) < 4.78 is 3.03. The van der Waals surface area contributed by atoms with Gasteiger partial charge in [0.25, 0.3) is 11.8 Å². The van der Waals surface area contributed by atoms with Crippen LogP contribution in [0.15, 0.2) is 12.1 Å². The topological polar surface area (TPSA) is 145 Å². The average Bonchev–Trinajstić information content (AvgIpc) is 3.19. The summed E-state index contributed by atoms with van der Waals surface area (Å²) in [5.41, 5.74) is 6.33. The number of likely N-dealkylation sites (N-methyl/N-ethyl adjacent to an activating group) is 2. The minimum absolute atomic E-state index is 0.00884. The molecule has 4 rings (SSSR count). The van der Waals surface area contributed by atoms with E-state index in [2.05, 4.69) is 10.2 Å². The number of nitro groups is 1. The number of aromatic nitrogens is 4. The summed E-state index contributed by atoms with van der Waals surface area (Å²) >= 11 is 0. The molecule has 2 N–H and O–H groups in total. The van der Waals surface area contributed by atoms with Gasteiger partial charge >= 0.3 is 5.82 Å². The Balaban J connectivity index is 0.000000152. The van der Waals surface area contributed by atoms with Gasteiger partial charge in [-0.15, -0.1) is 0 Å². The lowest BCUT2D eigenvalue weighted by Crippen LogP contribution is -2.37. The number of carbonyl (C=O) groups excluding carboxylic acids is 2. The van der Waals surface area contributed by atoms with E-state index in [1.807, 2.05) is 0 Å². The van der Waals surface area contributed by atoms with Gasteiger partial charge in [-0.1, -0.05) is 0 Å². The van der Waals surface area contributed by atoms with Gasteiger partial charge in [-0.05, 0) is 4.92 Å². The number of nitrogen functional groups attached to an aromatic ring is 1. The van der Waals surface area contributed by atoms with Crippen molar-refractivity contribution >= 4 is 23.5 Å². The molecule has 2 aliphatic heterocycles. The Morgan fingerprint density at radius 1 is 0.962 bits per heavy atom. The fraction of sp³-hybridized carbons (Fsp3) is 0.429. The van der Waals surface area contributed by atoms with Crippen LogP contribution in [-0.2, 0) is 13.1 Å². The fourth-order valence-corrected chi connectivity index (χ4v) is 2.70. The van der Waals surface area contributed by atoms with Crippen molar-refractivity contribution in [2.75, 3.05) is 32.9 Å². The largest absolute Gasteiger partial charge is 0.390 e. The zero-order chi connectivity index (χ0) is 19.0. The van der Waals surface area contributed by atoms with Gasteiger partial charge in [0.1, 0.15) is 11.5 Å². The summed E-state index contributed by atoms with van der Waals surface area (Å²) in [6, 6.07) is 2.82. The molecule has 0 atom stereocenters. The Morgan fingerprint density at radius 2 is 1.46 bits per heavy atom. The van der Waals surface area contributed by atoms with E-state index in [1.165, 1.54) is 15.6 Å². The van der Waals surface area contributed by atoms with Gasteiger partial charge in [0.15, 0.2) is 5.69 Å². The zero-order valence-electron chi connectivity index (χ0n) is 14.3. The predicted octanol–water partition coefficient (Wildman–Crippen LogP) is -0.572. The molecule has 0 radical (unpaired) electrons. The summed E-state index contributed by atoms with van der Waals surface area (Å²) in [4.78, 5) is 35.9. The van der Waals surface area contributed by atoms with Crippen LogP contribution in [0.3, 0.4) is 0 Å². The molecule has 0 saturated carbocycles. The minimum Gasteiger partial charge on any atom is -0.382 e. The maximum Gasteiger partial charge on any atom is 0.390 e. The maximum absolute atomic E-state index is 11.5. The quantitative estimate of drug-likeness (QED) is 0.528. The molecule has 26 heavy (non-hydrogen) atoms. The van der Waals surface area contributed by atoms with Crippen LogP contribution in [0.5, 0.6) is 0 Å². The highest BCUT2D eigenvalue weighted by Gasteiger charge is 2.29. The van der Waals surface area contributed by atoms with Crippen LogP contribution in [0, 0.1) is 10.1 Å². The lowest BCUT2D eigenvalue weighted by Gasteiger charge is -2.22. The highest BCUT2D eigenvalue weighted by atomic mass is 16.6. The Morgan fingerprint density at radius 3 is 2.00 bits per heavy atom. The molecule has 2 aromatic rings. The molecule has 2 amide bonds. The molecule has 0 saturated heterocycles. The monoisotopic (exact) mass is 362 g/mol. The summed E-state index contributed by atoms with van der Waals surface area (Å²) in [6.45, 7) is 2.47. The van der Waals surface area contributed by atoms with Crippen LogP contribution in [0.2, 0.25) is 0 Å². The number of carbonyl (C=O) groups is 2. The van der Waals surface area contributed by atoms with Gasteiger partial charge in [0, 0.05) is 33.3 Å². The summed E-state index contributed by atoms with van der Waals surface area (Å²) in [5.74, 6) is -0.0976. The van der Waals surface area contributed by atoms with Gasteiger partial charge in [0.05, 0.1) is 24.3 Å². The Labute approximate surface area is 147 Å². The third-order valence-electron chi connectivity index (χ3n) is 4.18. The van der Waals surface area contributed by atoms with Crippen LogP contribution in [0.4, 0.5) is 11.6 Å². The van der Waals surface area contributed by atoms with E-state index in [-0.39, 0.29) is 23.3 Å². The molecule has 12 nitrogen and oxygen atoms in total. The van der Waals surface area contributed by atoms with Crippen molar-refractivity contribution in [1.82, 2.24) is 29.4 Å². The molecule has 0 spiro atoms. The molecule has 4 heterocycles. The fourth-order valence-electron chi connectivity index (χ4n) is 2.70.